The zero-order valence-corrected chi connectivity index (χ0v) is 8.38. The molecule has 0 aromatic carbocycles. The van der Waals surface area contributed by atoms with Gasteiger partial charge in [0.05, 0.1) is 6.10 Å². The molecule has 2 unspecified atom stereocenters. The first-order valence-corrected chi connectivity index (χ1v) is 4.75. The second-order valence-corrected chi connectivity index (χ2v) is 3.88. The van der Waals surface area contributed by atoms with Crippen molar-refractivity contribution >= 4 is 11.6 Å². The fraction of sp³-hybridized carbons (Fsp3) is 0.778. The van der Waals surface area contributed by atoms with Gasteiger partial charge in [-0.15, -0.1) is 0 Å². The first-order valence-electron chi connectivity index (χ1n) is 4.38. The Hall–Kier alpha value is -0.0500. The average molecular weight is 190 g/mol. The molecule has 1 rings (SSSR count). The Labute approximate surface area is 78.8 Å². The third-order valence-corrected chi connectivity index (χ3v) is 2.68. The summed E-state index contributed by atoms with van der Waals surface area (Å²) in [4.78, 5) is 2.20. The quantitative estimate of drug-likeness (QED) is 0.713. The van der Waals surface area contributed by atoms with E-state index in [2.05, 4.69) is 4.90 Å². The molecule has 70 valence electrons. The second kappa shape index (κ2) is 4.26. The largest absolute Gasteiger partial charge is 0.392 e. The van der Waals surface area contributed by atoms with Gasteiger partial charge < -0.3 is 5.11 Å². The molecule has 0 amide bonds. The molecule has 1 heterocycles. The Bertz CT molecular complexity index is 179. The van der Waals surface area contributed by atoms with Crippen LogP contribution in [0.15, 0.2) is 11.1 Å². The molecule has 0 aliphatic carbocycles. The van der Waals surface area contributed by atoms with E-state index in [1.807, 2.05) is 19.9 Å². The molecule has 2 atom stereocenters. The lowest BCUT2D eigenvalue weighted by Crippen LogP contribution is -2.42. The van der Waals surface area contributed by atoms with Gasteiger partial charge in [-0.05, 0) is 20.3 Å². The van der Waals surface area contributed by atoms with E-state index in [4.69, 9.17) is 11.6 Å². The Balaban J connectivity index is 2.49. The van der Waals surface area contributed by atoms with Gasteiger partial charge in [0.25, 0.3) is 0 Å². The predicted molar refractivity (Wildman–Crippen MR) is 51.3 cm³/mol. The van der Waals surface area contributed by atoms with E-state index in [0.29, 0.717) is 0 Å². The molecule has 1 aliphatic heterocycles. The van der Waals surface area contributed by atoms with Gasteiger partial charge in [-0.3, -0.25) is 4.90 Å². The molecule has 0 spiro atoms. The molecule has 3 heteroatoms. The Morgan fingerprint density at radius 3 is 2.75 bits per heavy atom. The fourth-order valence-electron chi connectivity index (χ4n) is 1.38. The third-order valence-electron chi connectivity index (χ3n) is 2.41. The number of rotatable bonds is 2. The van der Waals surface area contributed by atoms with E-state index in [1.54, 1.807) is 0 Å². The van der Waals surface area contributed by atoms with Crippen LogP contribution in [0.5, 0.6) is 0 Å². The van der Waals surface area contributed by atoms with Gasteiger partial charge in [-0.2, -0.15) is 0 Å². The third kappa shape index (κ3) is 2.47. The predicted octanol–water partition coefficient (Wildman–Crippen LogP) is 1.58. The van der Waals surface area contributed by atoms with Crippen molar-refractivity contribution in [1.82, 2.24) is 4.90 Å². The van der Waals surface area contributed by atoms with Crippen LogP contribution in [0.3, 0.4) is 0 Å². The Morgan fingerprint density at radius 2 is 2.25 bits per heavy atom. The maximum Gasteiger partial charge on any atom is 0.0664 e. The molecule has 1 aliphatic rings. The van der Waals surface area contributed by atoms with Crippen LogP contribution >= 0.6 is 11.6 Å². The first-order chi connectivity index (χ1) is 5.61. The topological polar surface area (TPSA) is 23.5 Å². The molecule has 0 saturated heterocycles. The summed E-state index contributed by atoms with van der Waals surface area (Å²) in [6.45, 7) is 5.63. The molecule has 2 nitrogen and oxygen atoms in total. The number of hydrogen-bond acceptors (Lipinski definition) is 2. The molecule has 0 saturated carbocycles. The van der Waals surface area contributed by atoms with Crippen LogP contribution in [0.1, 0.15) is 20.3 Å². The molecular formula is C9H16ClNO. The zero-order valence-electron chi connectivity index (χ0n) is 7.63. The fourth-order valence-corrected chi connectivity index (χ4v) is 1.64. The van der Waals surface area contributed by atoms with Crippen LogP contribution < -0.4 is 0 Å². The lowest BCUT2D eigenvalue weighted by molar-refractivity contribution is 0.0760. The molecule has 1 N–H and O–H groups in total. The minimum absolute atomic E-state index is 0.201. The summed E-state index contributed by atoms with van der Waals surface area (Å²) in [7, 11) is 0. The van der Waals surface area contributed by atoms with Crippen molar-refractivity contribution in [3.05, 3.63) is 11.1 Å². The summed E-state index contributed by atoms with van der Waals surface area (Å²) in [5.41, 5.74) is 0. The minimum atomic E-state index is -0.285. The lowest BCUT2D eigenvalue weighted by Gasteiger charge is -2.32. The molecular weight excluding hydrogens is 174 g/mol. The van der Waals surface area contributed by atoms with Crippen LogP contribution in [0.4, 0.5) is 0 Å². The van der Waals surface area contributed by atoms with E-state index in [1.165, 1.54) is 0 Å². The highest BCUT2D eigenvalue weighted by atomic mass is 35.5. The summed E-state index contributed by atoms with van der Waals surface area (Å²) in [6, 6.07) is 0.201. The van der Waals surface area contributed by atoms with E-state index in [0.717, 1.165) is 24.5 Å². The molecule has 12 heavy (non-hydrogen) atoms. The van der Waals surface area contributed by atoms with Gasteiger partial charge in [-0.1, -0.05) is 17.7 Å². The summed E-state index contributed by atoms with van der Waals surface area (Å²) in [5.74, 6) is 0. The maximum atomic E-state index is 9.36. The van der Waals surface area contributed by atoms with Crippen molar-refractivity contribution in [2.75, 3.05) is 13.1 Å². The highest BCUT2D eigenvalue weighted by molar-refractivity contribution is 6.29. The van der Waals surface area contributed by atoms with Crippen LogP contribution in [0.25, 0.3) is 0 Å². The van der Waals surface area contributed by atoms with Crippen molar-refractivity contribution in [2.24, 2.45) is 0 Å². The zero-order chi connectivity index (χ0) is 9.14. The Morgan fingerprint density at radius 1 is 1.58 bits per heavy atom. The van der Waals surface area contributed by atoms with Crippen LogP contribution in [-0.2, 0) is 0 Å². The maximum absolute atomic E-state index is 9.36. The van der Waals surface area contributed by atoms with Crippen molar-refractivity contribution < 1.29 is 5.11 Å². The normalized spacial score (nSPS) is 24.8. The number of aliphatic hydroxyl groups excluding tert-OH is 1. The average Bonchev–Trinajstić information content (AvgIpc) is 2.03. The van der Waals surface area contributed by atoms with Gasteiger partial charge in [-0.25, -0.2) is 0 Å². The number of hydrogen-bond donors (Lipinski definition) is 1. The summed E-state index contributed by atoms with van der Waals surface area (Å²) in [6.07, 6.45) is 2.76. The van der Waals surface area contributed by atoms with E-state index in [-0.39, 0.29) is 12.1 Å². The molecule has 0 aromatic rings. The Kier molecular flexibility index (Phi) is 3.56. The van der Waals surface area contributed by atoms with Crippen LogP contribution in [-0.4, -0.2) is 35.2 Å². The van der Waals surface area contributed by atoms with E-state index >= 15 is 0 Å². The number of aliphatic hydroxyl groups is 1. The van der Waals surface area contributed by atoms with Crippen molar-refractivity contribution in [1.29, 1.82) is 0 Å². The first kappa shape index (κ1) is 10.0. The van der Waals surface area contributed by atoms with E-state index in [9.17, 15) is 5.11 Å². The van der Waals surface area contributed by atoms with Gasteiger partial charge in [0.15, 0.2) is 0 Å². The van der Waals surface area contributed by atoms with Crippen LogP contribution in [0.2, 0.25) is 0 Å². The van der Waals surface area contributed by atoms with Gasteiger partial charge in [0, 0.05) is 24.2 Å². The van der Waals surface area contributed by atoms with E-state index < -0.39 is 0 Å². The van der Waals surface area contributed by atoms with Gasteiger partial charge >= 0.3 is 0 Å². The monoisotopic (exact) mass is 189 g/mol. The molecule has 0 fully saturated rings. The summed E-state index contributed by atoms with van der Waals surface area (Å²) < 4.78 is 0. The lowest BCUT2D eigenvalue weighted by atomic mass is 10.1. The molecule has 0 aromatic heterocycles. The second-order valence-electron chi connectivity index (χ2n) is 3.39. The number of halogens is 1. The van der Waals surface area contributed by atoms with Crippen molar-refractivity contribution in [3.63, 3.8) is 0 Å². The minimum Gasteiger partial charge on any atom is -0.392 e. The number of nitrogens with zero attached hydrogens (tertiary/aromatic N) is 1. The van der Waals surface area contributed by atoms with Crippen LogP contribution in [0, 0.1) is 0 Å². The standard InChI is InChI=1S/C9H16ClNO/c1-7(8(2)12)11-5-3-4-9(10)6-11/h4,7-8,12H,3,5-6H2,1-2H3. The summed E-state index contributed by atoms with van der Waals surface area (Å²) in [5, 5.41) is 10.3. The van der Waals surface area contributed by atoms with Gasteiger partial charge in [0.1, 0.15) is 0 Å². The molecule has 0 radical (unpaired) electrons. The SMILES string of the molecule is CC(O)C(C)N1CCC=C(Cl)C1. The van der Waals surface area contributed by atoms with Crippen molar-refractivity contribution in [2.45, 2.75) is 32.4 Å². The highest BCUT2D eigenvalue weighted by Gasteiger charge is 2.20. The smallest absolute Gasteiger partial charge is 0.0664 e. The van der Waals surface area contributed by atoms with Crippen molar-refractivity contribution in [3.8, 4) is 0 Å². The van der Waals surface area contributed by atoms with Gasteiger partial charge in [0.2, 0.25) is 0 Å². The summed E-state index contributed by atoms with van der Waals surface area (Å²) >= 11 is 5.90. The molecule has 0 bridgehead atoms. The highest BCUT2D eigenvalue weighted by Crippen LogP contribution is 2.16.